The largest absolute Gasteiger partial charge is 0.477 e. The van der Waals surface area contributed by atoms with Gasteiger partial charge in [-0.05, 0) is 26.8 Å². The number of carboxylic acid groups (broad SMARTS) is 1. The molecule has 4 rings (SSSR count). The molecule has 0 aromatic rings. The van der Waals surface area contributed by atoms with Crippen LogP contribution in [0.2, 0.25) is 0 Å². The van der Waals surface area contributed by atoms with Crippen molar-refractivity contribution in [3.63, 3.8) is 0 Å². The molecule has 7 atom stereocenters. The van der Waals surface area contributed by atoms with Crippen LogP contribution in [0.5, 0.6) is 0 Å². The number of hydrogen-bond acceptors (Lipinski definition) is 8. The second kappa shape index (κ2) is 10.5. The minimum atomic E-state index is -1.15. The molecule has 4 aliphatic rings. The molecule has 0 saturated carbocycles. The van der Waals surface area contributed by atoms with Crippen LogP contribution in [0.15, 0.2) is 15.6 Å². The van der Waals surface area contributed by atoms with Gasteiger partial charge in [-0.25, -0.2) is 9.79 Å². The van der Waals surface area contributed by atoms with Crippen LogP contribution in [0.1, 0.15) is 26.7 Å². The third-order valence-corrected chi connectivity index (χ3v) is 9.16. The molecule has 3 saturated heterocycles. The lowest BCUT2D eigenvalue weighted by atomic mass is 9.79. The zero-order valence-corrected chi connectivity index (χ0v) is 22.0. The van der Waals surface area contributed by atoms with Gasteiger partial charge in [0.15, 0.2) is 5.96 Å². The number of nitrogens with one attached hydrogen (secondary N) is 1. The SMILES string of the molecule is C[C@@H](O)[C@H]1C(=O)N2C(C(=O)O)=C(SC3C[C@@H](C(=O)N4CC[C@H](NC(=O)CN=C(N)N)C4)N(C)C3)[C@H](C)[C@H]12. The summed E-state index contributed by atoms with van der Waals surface area (Å²) in [6, 6.07) is -0.890. The molecular formula is C23H35N7O6S. The van der Waals surface area contributed by atoms with Crippen LogP contribution >= 0.6 is 11.8 Å². The van der Waals surface area contributed by atoms with Crippen molar-refractivity contribution in [1.82, 2.24) is 20.0 Å². The second-order valence-corrected chi connectivity index (χ2v) is 11.6. The third kappa shape index (κ3) is 5.14. The fraction of sp³-hybridized carbons (Fsp3) is 0.696. The lowest BCUT2D eigenvalue weighted by Crippen LogP contribution is -2.63. The minimum Gasteiger partial charge on any atom is -0.477 e. The van der Waals surface area contributed by atoms with Gasteiger partial charge in [-0.3, -0.25) is 19.3 Å². The van der Waals surface area contributed by atoms with E-state index >= 15 is 0 Å². The van der Waals surface area contributed by atoms with Crippen molar-refractivity contribution in [2.45, 2.75) is 56.2 Å². The summed E-state index contributed by atoms with van der Waals surface area (Å²) < 4.78 is 0. The Kier molecular flexibility index (Phi) is 7.72. The third-order valence-electron chi connectivity index (χ3n) is 7.67. The summed E-state index contributed by atoms with van der Waals surface area (Å²) in [6.07, 6.45) is 0.325. The van der Waals surface area contributed by atoms with Crippen molar-refractivity contribution in [3.8, 4) is 0 Å². The summed E-state index contributed by atoms with van der Waals surface area (Å²) in [7, 11) is 1.87. The number of likely N-dealkylation sites (N-methyl/N-ethyl adjacent to an activating group) is 1. The predicted octanol–water partition coefficient (Wildman–Crippen LogP) is -2.06. The number of likely N-dealkylation sites (tertiary alicyclic amines) is 2. The van der Waals surface area contributed by atoms with E-state index in [9.17, 15) is 29.4 Å². The molecule has 0 aromatic carbocycles. The van der Waals surface area contributed by atoms with Gasteiger partial charge in [-0.15, -0.1) is 11.8 Å². The van der Waals surface area contributed by atoms with E-state index < -0.39 is 18.0 Å². The fourth-order valence-electron chi connectivity index (χ4n) is 5.91. The molecule has 0 radical (unpaired) electrons. The summed E-state index contributed by atoms with van der Waals surface area (Å²) in [5.74, 6) is -2.82. The zero-order chi connectivity index (χ0) is 27.2. The van der Waals surface area contributed by atoms with Crippen molar-refractivity contribution < 1.29 is 29.4 Å². The summed E-state index contributed by atoms with van der Waals surface area (Å²) in [6.45, 7) is 4.81. The molecule has 4 aliphatic heterocycles. The first-order chi connectivity index (χ1) is 17.4. The van der Waals surface area contributed by atoms with E-state index in [1.165, 1.54) is 16.7 Å². The first-order valence-electron chi connectivity index (χ1n) is 12.4. The van der Waals surface area contributed by atoms with Crippen LogP contribution in [0, 0.1) is 11.8 Å². The molecule has 204 valence electrons. The lowest BCUT2D eigenvalue weighted by Gasteiger charge is -2.46. The van der Waals surface area contributed by atoms with Crippen LogP contribution in [0.25, 0.3) is 0 Å². The molecule has 0 bridgehead atoms. The Bertz CT molecular complexity index is 1040. The van der Waals surface area contributed by atoms with E-state index in [1.807, 2.05) is 18.9 Å². The molecule has 7 N–H and O–H groups in total. The Morgan fingerprint density at radius 3 is 2.59 bits per heavy atom. The number of rotatable bonds is 8. The molecule has 4 heterocycles. The molecule has 3 fully saturated rings. The lowest BCUT2D eigenvalue weighted by molar-refractivity contribution is -0.163. The number of aliphatic imine (C=N–C) groups is 1. The second-order valence-electron chi connectivity index (χ2n) is 10.3. The van der Waals surface area contributed by atoms with Crippen LogP contribution in [-0.2, 0) is 19.2 Å². The number of carboxylic acids is 1. The number of nitrogens with two attached hydrogens (primary N) is 2. The number of amides is 3. The van der Waals surface area contributed by atoms with Crippen molar-refractivity contribution in [2.75, 3.05) is 33.2 Å². The van der Waals surface area contributed by atoms with E-state index in [0.29, 0.717) is 37.4 Å². The van der Waals surface area contributed by atoms with Crippen LogP contribution in [0.4, 0.5) is 0 Å². The highest BCUT2D eigenvalue weighted by Crippen LogP contribution is 2.52. The standard InChI is InChI=1S/C23H35N7O6S/c1-10-17-16(11(2)31)21(34)30(17)18(22(35)36)19(10)37-13-6-14(28(3)9-13)20(33)29-5-4-12(8-29)27-15(32)7-26-23(24)25/h10-14,16-17,31H,4-9H2,1-3H3,(H,27,32)(H,35,36)(H4,24,25,26)/t10-,11-,12+,13?,14+,16-,17-/m1/s1. The highest BCUT2D eigenvalue weighted by molar-refractivity contribution is 8.03. The molecular weight excluding hydrogens is 502 g/mol. The van der Waals surface area contributed by atoms with E-state index in [4.69, 9.17) is 11.5 Å². The number of aliphatic hydroxyl groups is 1. The van der Waals surface area contributed by atoms with E-state index in [-0.39, 0.29) is 65.2 Å². The van der Waals surface area contributed by atoms with Gasteiger partial charge in [0.05, 0.1) is 24.1 Å². The summed E-state index contributed by atoms with van der Waals surface area (Å²) in [5.41, 5.74) is 10.5. The number of carbonyl (C=O) groups is 4. The number of thioether (sulfide) groups is 1. The Hall–Kier alpha value is -2.84. The quantitative estimate of drug-likeness (QED) is 0.130. The molecule has 0 aromatic heterocycles. The predicted molar refractivity (Wildman–Crippen MR) is 136 cm³/mol. The number of hydrogen-bond donors (Lipinski definition) is 5. The Labute approximate surface area is 219 Å². The number of fused-ring (bicyclic) bond motifs is 1. The van der Waals surface area contributed by atoms with E-state index in [2.05, 4.69) is 10.3 Å². The van der Waals surface area contributed by atoms with Crippen molar-refractivity contribution >= 4 is 41.4 Å². The first-order valence-corrected chi connectivity index (χ1v) is 13.3. The van der Waals surface area contributed by atoms with Crippen molar-refractivity contribution in [1.29, 1.82) is 0 Å². The average molecular weight is 538 g/mol. The maximum Gasteiger partial charge on any atom is 0.353 e. The zero-order valence-electron chi connectivity index (χ0n) is 21.2. The molecule has 0 aliphatic carbocycles. The van der Waals surface area contributed by atoms with Crippen molar-refractivity contribution in [3.05, 3.63) is 10.6 Å². The van der Waals surface area contributed by atoms with Gasteiger partial charge in [0.2, 0.25) is 17.7 Å². The van der Waals surface area contributed by atoms with Gasteiger partial charge < -0.3 is 36.8 Å². The van der Waals surface area contributed by atoms with Gasteiger partial charge in [0, 0.05) is 41.7 Å². The van der Waals surface area contributed by atoms with E-state index in [1.54, 1.807) is 11.8 Å². The maximum absolute atomic E-state index is 13.3. The average Bonchev–Trinajstić information content (AvgIpc) is 3.48. The highest BCUT2D eigenvalue weighted by Gasteiger charge is 2.60. The van der Waals surface area contributed by atoms with Gasteiger partial charge in [-0.2, -0.15) is 0 Å². The maximum atomic E-state index is 13.3. The topological polar surface area (TPSA) is 195 Å². The summed E-state index contributed by atoms with van der Waals surface area (Å²) >= 11 is 1.43. The number of aliphatic hydroxyl groups excluding tert-OH is 1. The Morgan fingerprint density at radius 2 is 1.97 bits per heavy atom. The molecule has 0 spiro atoms. The highest BCUT2D eigenvalue weighted by atomic mass is 32.2. The minimum absolute atomic E-state index is 0.000632. The molecule has 37 heavy (non-hydrogen) atoms. The number of nitrogens with zero attached hydrogens (tertiary/aromatic N) is 4. The van der Waals surface area contributed by atoms with Crippen LogP contribution in [-0.4, -0.2) is 117 Å². The smallest absolute Gasteiger partial charge is 0.353 e. The van der Waals surface area contributed by atoms with Gasteiger partial charge >= 0.3 is 5.97 Å². The summed E-state index contributed by atoms with van der Waals surface area (Å²) in [4.78, 5) is 59.4. The molecule has 3 amide bonds. The Morgan fingerprint density at radius 1 is 1.27 bits per heavy atom. The summed E-state index contributed by atoms with van der Waals surface area (Å²) in [5, 5.41) is 22.7. The molecule has 14 heteroatoms. The number of aliphatic carboxylic acids is 1. The van der Waals surface area contributed by atoms with Gasteiger partial charge in [0.25, 0.3) is 0 Å². The van der Waals surface area contributed by atoms with Crippen molar-refractivity contribution in [2.24, 2.45) is 28.3 Å². The number of carbonyl (C=O) groups excluding carboxylic acids is 3. The fourth-order valence-corrected chi connectivity index (χ4v) is 7.51. The molecule has 1 unspecified atom stereocenters. The van der Waals surface area contributed by atoms with Gasteiger partial charge in [0.1, 0.15) is 12.2 Å². The Balaban J connectivity index is 1.37. The van der Waals surface area contributed by atoms with E-state index in [0.717, 1.165) is 0 Å². The van der Waals surface area contributed by atoms with Gasteiger partial charge in [-0.1, -0.05) is 6.92 Å². The van der Waals surface area contributed by atoms with Crippen LogP contribution < -0.4 is 16.8 Å². The normalized spacial score (nSPS) is 32.3. The number of β-lactam (4-membered cyclic amide) rings is 1. The van der Waals surface area contributed by atoms with Crippen LogP contribution in [0.3, 0.4) is 0 Å². The monoisotopic (exact) mass is 537 g/mol. The molecule has 13 nitrogen and oxygen atoms in total. The first kappa shape index (κ1) is 27.2. The number of guanidine groups is 1.